The lowest BCUT2D eigenvalue weighted by Gasteiger charge is -2.43. The number of benzene rings is 2. The molecule has 5 aliphatic rings. The van der Waals surface area contributed by atoms with Gasteiger partial charge < -0.3 is 29.7 Å². The second-order valence-electron chi connectivity index (χ2n) is 17.9. The van der Waals surface area contributed by atoms with E-state index in [-0.39, 0.29) is 34.9 Å². The molecule has 62 heavy (non-hydrogen) atoms. The van der Waals surface area contributed by atoms with Gasteiger partial charge in [0.25, 0.3) is 5.56 Å². The number of aryl methyl sites for hydroxylation is 2. The smallest absolute Gasteiger partial charge is 0.301 e. The van der Waals surface area contributed by atoms with E-state index in [1.54, 1.807) is 31.3 Å². The number of hydrogen-bond acceptors (Lipinski definition) is 11. The van der Waals surface area contributed by atoms with Crippen molar-refractivity contribution in [1.29, 1.82) is 0 Å². The van der Waals surface area contributed by atoms with Gasteiger partial charge in [0.15, 0.2) is 12.4 Å². The fraction of sp³-hybridized carbons (Fsp3) is 0.489. The average molecular weight is 853 g/mol. The lowest BCUT2D eigenvalue weighted by Crippen LogP contribution is -2.54. The first-order valence-corrected chi connectivity index (χ1v) is 21.7. The first-order chi connectivity index (χ1) is 29.8. The molecule has 4 fully saturated rings. The number of amides is 2. The lowest BCUT2D eigenvalue weighted by molar-refractivity contribution is -0.134. The fourth-order valence-electron chi connectivity index (χ4n) is 10.1. The van der Waals surface area contributed by atoms with E-state index in [2.05, 4.69) is 48.6 Å². The van der Waals surface area contributed by atoms with Gasteiger partial charge in [-0.05, 0) is 75.1 Å². The summed E-state index contributed by atoms with van der Waals surface area (Å²) in [7, 11) is 3.50. The van der Waals surface area contributed by atoms with Gasteiger partial charge in [-0.1, -0.05) is 12.1 Å². The molecule has 3 aromatic heterocycles. The number of fused-ring (bicyclic) bond motifs is 4. The number of imide groups is 1. The summed E-state index contributed by atoms with van der Waals surface area (Å²) in [5.74, 6) is -3.83. The highest BCUT2D eigenvalue weighted by Crippen LogP contribution is 2.46. The Bertz CT molecular complexity index is 2660. The quantitative estimate of drug-likeness (QED) is 0.162. The Kier molecular flexibility index (Phi) is 10.1. The number of pyridine rings is 2. The van der Waals surface area contributed by atoms with Crippen LogP contribution < -0.4 is 36.0 Å². The van der Waals surface area contributed by atoms with Crippen LogP contribution in [0.25, 0.3) is 21.8 Å². The van der Waals surface area contributed by atoms with Crippen molar-refractivity contribution in [2.75, 3.05) is 66.3 Å². The van der Waals surface area contributed by atoms with Gasteiger partial charge in [-0.3, -0.25) is 29.3 Å². The Hall–Kier alpha value is -5.84. The number of carbonyl (C=O) groups is 2. The van der Waals surface area contributed by atoms with Crippen molar-refractivity contribution < 1.29 is 27.5 Å². The van der Waals surface area contributed by atoms with Crippen molar-refractivity contribution in [3.05, 3.63) is 70.5 Å². The molecule has 3 saturated heterocycles. The Morgan fingerprint density at radius 1 is 0.952 bits per heavy atom. The summed E-state index contributed by atoms with van der Waals surface area (Å²) in [6.07, 6.45) is 5.29. The Morgan fingerprint density at radius 2 is 1.76 bits per heavy atom. The summed E-state index contributed by atoms with van der Waals surface area (Å²) in [6, 6.07) is 12.2. The van der Waals surface area contributed by atoms with E-state index >= 15 is 13.2 Å². The van der Waals surface area contributed by atoms with Crippen LogP contribution in [-0.2, 0) is 23.7 Å². The standard InChI is InChI=1S/C45H51F3N10O4/c1-25-22-58(35-6-4-5-29-38(53-55(3)40(29)35)30-10-12-37(59)51-43(30)60)18-17-57(25)23-26-13-15-56(16-14-26)36-20-33(32(46)21-49-36)50-28-9-11-34-31(19-28)39-41(44(61)54(34)2)62-24-45(47,48)42(52-39)27-7-8-27/h4-6,9,11,19-21,25-27,30,42,52H,7-8,10,12-18,22-24H2,1-3H3,(H,49,50)(H,51,59,60)/t25-,30?,42-/m0/s1. The summed E-state index contributed by atoms with van der Waals surface area (Å²) >= 11 is 0. The summed E-state index contributed by atoms with van der Waals surface area (Å²) in [4.78, 5) is 49.4. The molecule has 2 amide bonds. The summed E-state index contributed by atoms with van der Waals surface area (Å²) < 4.78 is 54.4. The van der Waals surface area contributed by atoms with E-state index in [4.69, 9.17) is 9.84 Å². The minimum absolute atomic E-state index is 0.139. The fourth-order valence-corrected chi connectivity index (χ4v) is 10.1. The van der Waals surface area contributed by atoms with Crippen LogP contribution >= 0.6 is 0 Å². The normalized spacial score (nSPS) is 23.5. The van der Waals surface area contributed by atoms with Crippen LogP contribution in [0.3, 0.4) is 0 Å². The SMILES string of the molecule is C[C@H]1CN(c2cccc3c(C4CCC(=O)NC4=O)nn(C)c23)CCN1CC1CCN(c2cc(Nc3ccc4c(c3)c3c(c(=O)n4C)OCC(F)(F)[C@H](C4CC4)N3)c(F)cn2)CC1. The third-order valence-corrected chi connectivity index (χ3v) is 13.7. The largest absolute Gasteiger partial charge is 0.480 e. The predicted octanol–water partition coefficient (Wildman–Crippen LogP) is 5.87. The van der Waals surface area contributed by atoms with E-state index in [0.29, 0.717) is 60.1 Å². The molecule has 1 unspecified atom stereocenters. The maximum atomic E-state index is 15.4. The molecular formula is C45H51F3N10O4. The van der Waals surface area contributed by atoms with Crippen molar-refractivity contribution in [3.8, 4) is 5.75 Å². The van der Waals surface area contributed by atoms with Crippen molar-refractivity contribution in [2.45, 2.75) is 69.4 Å². The zero-order valence-electron chi connectivity index (χ0n) is 35.1. The van der Waals surface area contributed by atoms with E-state index in [1.165, 1.54) is 10.8 Å². The number of halogens is 3. The van der Waals surface area contributed by atoms with Crippen LogP contribution in [0.1, 0.15) is 57.1 Å². The highest BCUT2D eigenvalue weighted by Gasteiger charge is 2.51. The minimum atomic E-state index is -3.15. The van der Waals surface area contributed by atoms with Crippen LogP contribution in [0.5, 0.6) is 5.75 Å². The number of hydrogen-bond donors (Lipinski definition) is 3. The first kappa shape index (κ1) is 40.2. The van der Waals surface area contributed by atoms with Crippen LogP contribution in [0.2, 0.25) is 0 Å². The number of aromatic nitrogens is 4. The maximum absolute atomic E-state index is 15.4. The van der Waals surface area contributed by atoms with Gasteiger partial charge in [-0.15, -0.1) is 0 Å². The molecule has 1 aliphatic carbocycles. The number of piperidine rings is 2. The second kappa shape index (κ2) is 15.5. The van der Waals surface area contributed by atoms with E-state index in [9.17, 15) is 14.4 Å². The number of carbonyl (C=O) groups excluding carboxylic acids is 2. The van der Waals surface area contributed by atoms with Gasteiger partial charge in [0, 0.05) is 88.4 Å². The molecule has 5 aromatic rings. The molecule has 0 bridgehead atoms. The third kappa shape index (κ3) is 7.26. The number of ether oxygens (including phenoxy) is 1. The molecule has 10 rings (SSSR count). The van der Waals surface area contributed by atoms with Crippen molar-refractivity contribution >= 4 is 62.2 Å². The summed E-state index contributed by atoms with van der Waals surface area (Å²) in [5.41, 5.74) is 3.85. The Morgan fingerprint density at radius 3 is 2.52 bits per heavy atom. The number of rotatable bonds is 8. The predicted molar refractivity (Wildman–Crippen MR) is 231 cm³/mol. The highest BCUT2D eigenvalue weighted by molar-refractivity contribution is 6.04. The van der Waals surface area contributed by atoms with Crippen molar-refractivity contribution in [1.82, 2.24) is 29.5 Å². The maximum Gasteiger partial charge on any atom is 0.301 e. The molecule has 0 radical (unpaired) electrons. The average Bonchev–Trinajstić information content (AvgIpc) is 4.06. The Labute approximate surface area is 356 Å². The van der Waals surface area contributed by atoms with Crippen LogP contribution in [0.15, 0.2) is 53.5 Å². The molecule has 17 heteroatoms. The lowest BCUT2D eigenvalue weighted by atomic mass is 9.92. The summed E-state index contributed by atoms with van der Waals surface area (Å²) in [5, 5.41) is 14.9. The molecule has 4 aliphatic heterocycles. The van der Waals surface area contributed by atoms with Gasteiger partial charge in [-0.25, -0.2) is 18.2 Å². The third-order valence-electron chi connectivity index (χ3n) is 13.7. The van der Waals surface area contributed by atoms with Crippen molar-refractivity contribution in [2.24, 2.45) is 25.9 Å². The van der Waals surface area contributed by atoms with E-state index in [1.807, 2.05) is 23.9 Å². The Balaban J connectivity index is 0.788. The summed E-state index contributed by atoms with van der Waals surface area (Å²) in [6.45, 7) is 6.56. The zero-order valence-corrected chi connectivity index (χ0v) is 35.1. The van der Waals surface area contributed by atoms with Crippen molar-refractivity contribution in [3.63, 3.8) is 0 Å². The number of piperazine rings is 1. The minimum Gasteiger partial charge on any atom is -0.480 e. The van der Waals surface area contributed by atoms with Gasteiger partial charge in [0.05, 0.1) is 51.9 Å². The molecule has 2 aromatic carbocycles. The van der Waals surface area contributed by atoms with Gasteiger partial charge in [0.1, 0.15) is 5.82 Å². The zero-order chi connectivity index (χ0) is 43.0. The molecular weight excluding hydrogens is 802 g/mol. The molecule has 326 valence electrons. The molecule has 3 atom stereocenters. The monoisotopic (exact) mass is 852 g/mol. The van der Waals surface area contributed by atoms with E-state index in [0.717, 1.165) is 74.4 Å². The molecule has 14 nitrogen and oxygen atoms in total. The van der Waals surface area contributed by atoms with Crippen LogP contribution in [-0.4, -0.2) is 99.9 Å². The van der Waals surface area contributed by atoms with Crippen LogP contribution in [0.4, 0.5) is 41.7 Å². The van der Waals surface area contributed by atoms with Gasteiger partial charge in [0.2, 0.25) is 17.6 Å². The van der Waals surface area contributed by atoms with E-state index < -0.39 is 35.9 Å². The highest BCUT2D eigenvalue weighted by atomic mass is 19.3. The molecule has 1 saturated carbocycles. The number of nitrogens with one attached hydrogen (secondary N) is 3. The number of nitrogens with zero attached hydrogens (tertiary/aromatic N) is 7. The van der Waals surface area contributed by atoms with Gasteiger partial charge >= 0.3 is 5.92 Å². The topological polar surface area (TPSA) is 142 Å². The first-order valence-electron chi connectivity index (χ1n) is 21.7. The van der Waals surface area contributed by atoms with Gasteiger partial charge in [-0.2, -0.15) is 5.10 Å². The molecule has 7 heterocycles. The molecule has 0 spiro atoms. The number of anilines is 5. The second-order valence-corrected chi connectivity index (χ2v) is 17.9. The van der Waals surface area contributed by atoms with Crippen LogP contribution in [0, 0.1) is 17.7 Å². The number of para-hydroxylation sites is 1. The molecule has 3 N–H and O–H groups in total. The number of alkyl halides is 2.